The van der Waals surface area contributed by atoms with Crippen LogP contribution >= 0.6 is 11.3 Å². The summed E-state index contributed by atoms with van der Waals surface area (Å²) in [5, 5.41) is 5.10. The van der Waals surface area contributed by atoms with Crippen LogP contribution in [0.3, 0.4) is 0 Å². The fourth-order valence-electron chi connectivity index (χ4n) is 10.0. The van der Waals surface area contributed by atoms with Gasteiger partial charge in [-0.15, -0.1) is 11.3 Å². The summed E-state index contributed by atoms with van der Waals surface area (Å²) in [5.41, 5.74) is 18.4. The van der Waals surface area contributed by atoms with Crippen molar-refractivity contribution in [3.63, 3.8) is 0 Å². The highest BCUT2D eigenvalue weighted by Crippen LogP contribution is 2.52. The average Bonchev–Trinajstić information content (AvgIpc) is 3.83. The van der Waals surface area contributed by atoms with Gasteiger partial charge in [0.1, 0.15) is 0 Å². The van der Waals surface area contributed by atoms with Crippen molar-refractivity contribution in [2.45, 2.75) is 19.3 Å². The number of thiophene rings is 1. The van der Waals surface area contributed by atoms with E-state index in [4.69, 9.17) is 0 Å². The number of anilines is 3. The van der Waals surface area contributed by atoms with E-state index in [1.165, 1.54) is 97.7 Å². The molecule has 1 aliphatic rings. The number of hydrogen-bond acceptors (Lipinski definition) is 2. The van der Waals surface area contributed by atoms with Gasteiger partial charge in [0.05, 0.1) is 5.69 Å². The van der Waals surface area contributed by atoms with E-state index in [1.807, 2.05) is 11.3 Å². The Balaban J connectivity index is 0.944. The van der Waals surface area contributed by atoms with E-state index >= 15 is 0 Å². The summed E-state index contributed by atoms with van der Waals surface area (Å²) in [6.45, 7) is 4.76. The van der Waals surface area contributed by atoms with Crippen LogP contribution in [0.4, 0.5) is 17.1 Å². The molecule has 11 aromatic rings. The van der Waals surface area contributed by atoms with Gasteiger partial charge in [-0.1, -0.05) is 184 Å². The van der Waals surface area contributed by atoms with Crippen molar-refractivity contribution >= 4 is 59.3 Å². The molecule has 298 valence electrons. The zero-order valence-corrected chi connectivity index (χ0v) is 36.0. The number of fused-ring (bicyclic) bond motifs is 7. The first kappa shape index (κ1) is 37.3. The average molecular weight is 822 g/mol. The van der Waals surface area contributed by atoms with E-state index < -0.39 is 0 Å². The van der Waals surface area contributed by atoms with Gasteiger partial charge < -0.3 is 4.90 Å². The zero-order valence-electron chi connectivity index (χ0n) is 35.2. The Morgan fingerprint density at radius 2 is 0.794 bits per heavy atom. The largest absolute Gasteiger partial charge is 0.310 e. The van der Waals surface area contributed by atoms with E-state index in [-0.39, 0.29) is 5.41 Å². The van der Waals surface area contributed by atoms with Crippen molar-refractivity contribution in [1.29, 1.82) is 0 Å². The van der Waals surface area contributed by atoms with Gasteiger partial charge >= 0.3 is 0 Å². The topological polar surface area (TPSA) is 3.24 Å². The maximum Gasteiger partial charge on any atom is 0.0540 e. The lowest BCUT2D eigenvalue weighted by Gasteiger charge is -2.29. The maximum absolute atomic E-state index is 2.46. The molecule has 63 heavy (non-hydrogen) atoms. The Bertz CT molecular complexity index is 3510. The van der Waals surface area contributed by atoms with Crippen LogP contribution in [0.2, 0.25) is 0 Å². The van der Waals surface area contributed by atoms with Crippen LogP contribution in [0.25, 0.3) is 86.6 Å². The van der Waals surface area contributed by atoms with Gasteiger partial charge in [0.15, 0.2) is 0 Å². The molecule has 0 unspecified atom stereocenters. The third-order valence-electron chi connectivity index (χ3n) is 13.3. The van der Waals surface area contributed by atoms with Crippen molar-refractivity contribution in [2.75, 3.05) is 4.90 Å². The lowest BCUT2D eigenvalue weighted by molar-refractivity contribution is 0.660. The first-order valence-electron chi connectivity index (χ1n) is 21.8. The molecule has 0 spiro atoms. The molecule has 1 aliphatic carbocycles. The van der Waals surface area contributed by atoms with E-state index in [2.05, 4.69) is 243 Å². The highest BCUT2D eigenvalue weighted by molar-refractivity contribution is 7.25. The van der Waals surface area contributed by atoms with Gasteiger partial charge in [0, 0.05) is 42.3 Å². The molecule has 12 rings (SSSR count). The van der Waals surface area contributed by atoms with Crippen LogP contribution in [-0.2, 0) is 5.41 Å². The predicted molar refractivity (Wildman–Crippen MR) is 271 cm³/mol. The third-order valence-corrected chi connectivity index (χ3v) is 14.5. The van der Waals surface area contributed by atoms with Gasteiger partial charge in [0.2, 0.25) is 0 Å². The standard InChI is InChI=1S/C61H43NS/c1-61(2)56-38-46(40-13-5-3-6-14-40)27-32-51(56)52-33-31-48(39-57(52)61)62(58-35-34-49(44-15-7-4-8-16-44)50-17-9-10-18-53(50)58)47-29-25-42(26-30-47)41-21-23-43(24-22-41)45-28-36-60-55(37-45)54-19-11-12-20-59(54)63-60/h3-39H,1-2H3. The molecule has 0 radical (unpaired) electrons. The highest BCUT2D eigenvalue weighted by atomic mass is 32.1. The fourth-order valence-corrected chi connectivity index (χ4v) is 11.1. The van der Waals surface area contributed by atoms with Gasteiger partial charge in [0.25, 0.3) is 0 Å². The molecular formula is C61H43NS. The molecule has 0 fully saturated rings. The monoisotopic (exact) mass is 821 g/mol. The minimum absolute atomic E-state index is 0.185. The Hall–Kier alpha value is -7.52. The number of nitrogens with zero attached hydrogens (tertiary/aromatic N) is 1. The minimum atomic E-state index is -0.185. The molecule has 0 atom stereocenters. The van der Waals surface area contributed by atoms with Crippen LogP contribution < -0.4 is 4.90 Å². The third kappa shape index (κ3) is 6.29. The van der Waals surface area contributed by atoms with Crippen molar-refractivity contribution in [1.82, 2.24) is 0 Å². The van der Waals surface area contributed by atoms with Crippen LogP contribution in [-0.4, -0.2) is 0 Å². The second-order valence-corrected chi connectivity index (χ2v) is 18.4. The van der Waals surface area contributed by atoms with E-state index in [9.17, 15) is 0 Å². The molecule has 0 saturated heterocycles. The SMILES string of the molecule is CC1(C)c2cc(-c3ccccc3)ccc2-c2ccc(N(c3ccc(-c4ccc(-c5ccc6sc7ccccc7c6c5)cc4)cc3)c3ccc(-c4ccccc4)c4ccccc34)cc21. The number of rotatable bonds is 7. The molecule has 1 nitrogen and oxygen atoms in total. The Morgan fingerprint density at radius 1 is 0.317 bits per heavy atom. The van der Waals surface area contributed by atoms with E-state index in [0.29, 0.717) is 0 Å². The quantitative estimate of drug-likeness (QED) is 0.155. The smallest absolute Gasteiger partial charge is 0.0540 e. The van der Waals surface area contributed by atoms with Crippen molar-refractivity contribution in [3.05, 3.63) is 236 Å². The first-order valence-corrected chi connectivity index (χ1v) is 22.6. The molecule has 1 heterocycles. The summed E-state index contributed by atoms with van der Waals surface area (Å²) in [5.74, 6) is 0. The molecule has 1 aromatic heterocycles. The summed E-state index contributed by atoms with van der Waals surface area (Å²) < 4.78 is 2.67. The summed E-state index contributed by atoms with van der Waals surface area (Å²) in [6, 6.07) is 82.9. The molecule has 0 N–H and O–H groups in total. The second kappa shape index (κ2) is 14.8. The van der Waals surface area contributed by atoms with Gasteiger partial charge in [-0.2, -0.15) is 0 Å². The van der Waals surface area contributed by atoms with Crippen LogP contribution in [0.1, 0.15) is 25.0 Å². The highest BCUT2D eigenvalue weighted by Gasteiger charge is 2.36. The second-order valence-electron chi connectivity index (χ2n) is 17.3. The molecule has 0 amide bonds. The summed E-state index contributed by atoms with van der Waals surface area (Å²) >= 11 is 1.86. The number of hydrogen-bond donors (Lipinski definition) is 0. The Labute approximate surface area is 372 Å². The van der Waals surface area contributed by atoms with Crippen LogP contribution in [0.15, 0.2) is 224 Å². The molecule has 2 heteroatoms. The molecule has 0 aliphatic heterocycles. The normalized spacial score (nSPS) is 12.7. The number of benzene rings is 10. The first-order chi connectivity index (χ1) is 31.0. The minimum Gasteiger partial charge on any atom is -0.310 e. The summed E-state index contributed by atoms with van der Waals surface area (Å²) in [6.07, 6.45) is 0. The van der Waals surface area contributed by atoms with Crippen molar-refractivity contribution < 1.29 is 0 Å². The zero-order chi connectivity index (χ0) is 42.1. The van der Waals surface area contributed by atoms with Crippen LogP contribution in [0, 0.1) is 0 Å². The molecular weight excluding hydrogens is 779 g/mol. The lowest BCUT2D eigenvalue weighted by atomic mass is 9.81. The fraction of sp³-hybridized carbons (Fsp3) is 0.0492. The summed E-state index contributed by atoms with van der Waals surface area (Å²) in [7, 11) is 0. The molecule has 10 aromatic carbocycles. The van der Waals surface area contributed by atoms with E-state index in [0.717, 1.165) is 17.1 Å². The van der Waals surface area contributed by atoms with Gasteiger partial charge in [-0.3, -0.25) is 0 Å². The lowest BCUT2D eigenvalue weighted by Crippen LogP contribution is -2.17. The van der Waals surface area contributed by atoms with Gasteiger partial charge in [-0.05, 0) is 127 Å². The Morgan fingerprint density at radius 3 is 1.52 bits per heavy atom. The molecule has 0 saturated carbocycles. The van der Waals surface area contributed by atoms with E-state index in [1.54, 1.807) is 0 Å². The Kier molecular flexibility index (Phi) is 8.77. The molecule has 0 bridgehead atoms. The van der Waals surface area contributed by atoms with Crippen molar-refractivity contribution in [3.8, 4) is 55.6 Å². The summed E-state index contributed by atoms with van der Waals surface area (Å²) in [4.78, 5) is 2.46. The maximum atomic E-state index is 2.46. The van der Waals surface area contributed by atoms with Crippen LogP contribution in [0.5, 0.6) is 0 Å². The predicted octanol–water partition coefficient (Wildman–Crippen LogP) is 17.7. The van der Waals surface area contributed by atoms with Crippen molar-refractivity contribution in [2.24, 2.45) is 0 Å². The van der Waals surface area contributed by atoms with Gasteiger partial charge in [-0.25, -0.2) is 0 Å².